The lowest BCUT2D eigenvalue weighted by atomic mass is 9.77. The van der Waals surface area contributed by atoms with Gasteiger partial charge in [-0.25, -0.2) is 0 Å². The maximum atomic E-state index is 5.47. The monoisotopic (exact) mass is 215 g/mol. The Kier molecular flexibility index (Phi) is 6.22. The van der Waals surface area contributed by atoms with Gasteiger partial charge in [-0.1, -0.05) is 6.92 Å². The van der Waals surface area contributed by atoms with Crippen LogP contribution in [0.5, 0.6) is 0 Å². The summed E-state index contributed by atoms with van der Waals surface area (Å²) < 4.78 is 10.9. The van der Waals surface area contributed by atoms with Crippen LogP contribution in [0.3, 0.4) is 0 Å². The van der Waals surface area contributed by atoms with Gasteiger partial charge in [-0.3, -0.25) is 0 Å². The van der Waals surface area contributed by atoms with Gasteiger partial charge in [0.25, 0.3) is 0 Å². The smallest absolute Gasteiger partial charge is 0.0471 e. The highest BCUT2D eigenvalue weighted by Gasteiger charge is 2.31. The first-order valence-corrected chi connectivity index (χ1v) is 6.19. The average molecular weight is 215 g/mol. The fourth-order valence-electron chi connectivity index (χ4n) is 2.14. The van der Waals surface area contributed by atoms with Gasteiger partial charge in [0.2, 0.25) is 0 Å². The summed E-state index contributed by atoms with van der Waals surface area (Å²) in [5, 5.41) is 3.47. The molecule has 1 fully saturated rings. The Morgan fingerprint density at radius 1 is 1.27 bits per heavy atom. The predicted molar refractivity (Wildman–Crippen MR) is 62.1 cm³/mol. The molecule has 0 aromatic carbocycles. The molecule has 0 bridgehead atoms. The molecule has 0 aromatic rings. The molecular weight excluding hydrogens is 190 g/mol. The Morgan fingerprint density at radius 3 is 2.60 bits per heavy atom. The van der Waals surface area contributed by atoms with Crippen LogP contribution in [0, 0.1) is 5.41 Å². The van der Waals surface area contributed by atoms with Gasteiger partial charge in [0.1, 0.15) is 0 Å². The standard InChI is InChI=1S/C12H25NO2/c1-3-13-11-12(5-8-14-4-2)6-9-15-10-7-12/h13H,3-11H2,1-2H3. The summed E-state index contributed by atoms with van der Waals surface area (Å²) in [5.41, 5.74) is 0.420. The van der Waals surface area contributed by atoms with Crippen LogP contribution >= 0.6 is 0 Å². The zero-order valence-electron chi connectivity index (χ0n) is 10.2. The van der Waals surface area contributed by atoms with Crippen LogP contribution in [0.2, 0.25) is 0 Å². The molecule has 0 aromatic heterocycles. The zero-order valence-corrected chi connectivity index (χ0v) is 10.2. The van der Waals surface area contributed by atoms with Crippen molar-refractivity contribution in [2.75, 3.05) is 39.5 Å². The summed E-state index contributed by atoms with van der Waals surface area (Å²) in [6, 6.07) is 0. The molecule has 0 amide bonds. The first kappa shape index (κ1) is 12.9. The summed E-state index contributed by atoms with van der Waals surface area (Å²) in [6.45, 7) is 9.93. The fourth-order valence-corrected chi connectivity index (χ4v) is 2.14. The largest absolute Gasteiger partial charge is 0.382 e. The second-order valence-corrected chi connectivity index (χ2v) is 4.34. The third-order valence-corrected chi connectivity index (χ3v) is 3.28. The molecule has 1 heterocycles. The normalized spacial score (nSPS) is 20.4. The number of hydrogen-bond acceptors (Lipinski definition) is 3. The molecule has 0 spiro atoms. The van der Waals surface area contributed by atoms with E-state index >= 15 is 0 Å². The minimum atomic E-state index is 0.420. The van der Waals surface area contributed by atoms with E-state index in [1.165, 1.54) is 12.8 Å². The van der Waals surface area contributed by atoms with Crippen molar-refractivity contribution in [2.24, 2.45) is 5.41 Å². The molecule has 1 rings (SSSR count). The van der Waals surface area contributed by atoms with Gasteiger partial charge in [0.05, 0.1) is 0 Å². The van der Waals surface area contributed by atoms with Crippen molar-refractivity contribution in [3.05, 3.63) is 0 Å². The molecule has 0 unspecified atom stereocenters. The lowest BCUT2D eigenvalue weighted by Gasteiger charge is -2.37. The summed E-state index contributed by atoms with van der Waals surface area (Å²) >= 11 is 0. The van der Waals surface area contributed by atoms with Crippen molar-refractivity contribution in [2.45, 2.75) is 33.1 Å². The summed E-state index contributed by atoms with van der Waals surface area (Å²) in [4.78, 5) is 0. The van der Waals surface area contributed by atoms with E-state index in [1.54, 1.807) is 0 Å². The third-order valence-electron chi connectivity index (χ3n) is 3.28. The van der Waals surface area contributed by atoms with E-state index in [2.05, 4.69) is 19.2 Å². The molecule has 1 saturated heterocycles. The van der Waals surface area contributed by atoms with Crippen molar-refractivity contribution in [1.29, 1.82) is 0 Å². The Balaban J connectivity index is 2.35. The molecule has 0 atom stereocenters. The van der Waals surface area contributed by atoms with E-state index < -0.39 is 0 Å². The van der Waals surface area contributed by atoms with Crippen LogP contribution in [0.1, 0.15) is 33.1 Å². The average Bonchev–Trinajstić information content (AvgIpc) is 2.28. The van der Waals surface area contributed by atoms with E-state index in [4.69, 9.17) is 9.47 Å². The van der Waals surface area contributed by atoms with Gasteiger partial charge in [0.15, 0.2) is 0 Å². The maximum absolute atomic E-state index is 5.47. The van der Waals surface area contributed by atoms with Crippen LogP contribution in [-0.2, 0) is 9.47 Å². The van der Waals surface area contributed by atoms with Crippen molar-refractivity contribution in [1.82, 2.24) is 5.32 Å². The van der Waals surface area contributed by atoms with Crippen molar-refractivity contribution in [3.8, 4) is 0 Å². The first-order chi connectivity index (χ1) is 7.33. The maximum Gasteiger partial charge on any atom is 0.0471 e. The van der Waals surface area contributed by atoms with Crippen LogP contribution in [0.25, 0.3) is 0 Å². The molecule has 3 heteroatoms. The topological polar surface area (TPSA) is 30.5 Å². The second kappa shape index (κ2) is 7.20. The zero-order chi connectivity index (χ0) is 11.0. The van der Waals surface area contributed by atoms with Gasteiger partial charge >= 0.3 is 0 Å². The molecule has 1 N–H and O–H groups in total. The second-order valence-electron chi connectivity index (χ2n) is 4.34. The molecule has 0 radical (unpaired) electrons. The summed E-state index contributed by atoms with van der Waals surface area (Å²) in [5.74, 6) is 0. The van der Waals surface area contributed by atoms with Gasteiger partial charge in [-0.2, -0.15) is 0 Å². The molecule has 90 valence electrons. The highest BCUT2D eigenvalue weighted by atomic mass is 16.5. The van der Waals surface area contributed by atoms with Crippen molar-refractivity contribution in [3.63, 3.8) is 0 Å². The lowest BCUT2D eigenvalue weighted by Crippen LogP contribution is -2.40. The molecular formula is C12H25NO2. The molecule has 0 saturated carbocycles. The van der Waals surface area contributed by atoms with Crippen LogP contribution in [0.15, 0.2) is 0 Å². The lowest BCUT2D eigenvalue weighted by molar-refractivity contribution is -0.00481. The van der Waals surface area contributed by atoms with Crippen LogP contribution in [0.4, 0.5) is 0 Å². The summed E-state index contributed by atoms with van der Waals surface area (Å²) in [7, 11) is 0. The Hall–Kier alpha value is -0.120. The molecule has 3 nitrogen and oxygen atoms in total. The SMILES string of the molecule is CCNCC1(CCOCC)CCOCC1. The molecule has 1 aliphatic heterocycles. The van der Waals surface area contributed by atoms with Gasteiger partial charge in [0, 0.05) is 33.0 Å². The minimum absolute atomic E-state index is 0.420. The van der Waals surface area contributed by atoms with Crippen molar-refractivity contribution >= 4 is 0 Å². The minimum Gasteiger partial charge on any atom is -0.382 e. The van der Waals surface area contributed by atoms with E-state index in [0.717, 1.165) is 45.9 Å². The quantitative estimate of drug-likeness (QED) is 0.657. The van der Waals surface area contributed by atoms with Gasteiger partial charge in [-0.05, 0) is 38.1 Å². The molecule has 15 heavy (non-hydrogen) atoms. The Bertz CT molecular complexity index is 156. The van der Waals surface area contributed by atoms with E-state index in [-0.39, 0.29) is 0 Å². The number of rotatable bonds is 7. The highest BCUT2D eigenvalue weighted by Crippen LogP contribution is 2.33. The first-order valence-electron chi connectivity index (χ1n) is 6.19. The van der Waals surface area contributed by atoms with E-state index in [9.17, 15) is 0 Å². The molecule has 0 aliphatic carbocycles. The Labute approximate surface area is 93.5 Å². The van der Waals surface area contributed by atoms with Gasteiger partial charge < -0.3 is 14.8 Å². The predicted octanol–water partition coefficient (Wildman–Crippen LogP) is 1.82. The van der Waals surface area contributed by atoms with E-state index in [1.807, 2.05) is 0 Å². The highest BCUT2D eigenvalue weighted by molar-refractivity contribution is 4.83. The molecule has 1 aliphatic rings. The number of nitrogens with one attached hydrogen (secondary N) is 1. The Morgan fingerprint density at radius 2 is 2.00 bits per heavy atom. The summed E-state index contributed by atoms with van der Waals surface area (Å²) in [6.07, 6.45) is 3.51. The van der Waals surface area contributed by atoms with E-state index in [0.29, 0.717) is 5.41 Å². The number of ether oxygens (including phenoxy) is 2. The van der Waals surface area contributed by atoms with Crippen molar-refractivity contribution < 1.29 is 9.47 Å². The third kappa shape index (κ3) is 4.49. The number of hydrogen-bond donors (Lipinski definition) is 1. The van der Waals surface area contributed by atoms with Crippen LogP contribution in [-0.4, -0.2) is 39.5 Å². The van der Waals surface area contributed by atoms with Gasteiger partial charge in [-0.15, -0.1) is 0 Å². The fraction of sp³-hybridized carbons (Fsp3) is 1.00. The van der Waals surface area contributed by atoms with Crippen LogP contribution < -0.4 is 5.32 Å².